The number of ether oxygens (including phenoxy) is 1. The minimum absolute atomic E-state index is 0.334. The average molecular weight is 345 g/mol. The standard InChI is InChI=1S/C13H15BrClN3O/c1-8(2)18-4-3-10(17-18)7-19-13-11(14)5-9(15)6-12(13)16/h3-6,8H,7,16H2,1-2H3. The second-order valence-electron chi connectivity index (χ2n) is 4.48. The van der Waals surface area contributed by atoms with Gasteiger partial charge >= 0.3 is 0 Å². The van der Waals surface area contributed by atoms with E-state index in [4.69, 9.17) is 22.1 Å². The number of hydrogen-bond acceptors (Lipinski definition) is 3. The van der Waals surface area contributed by atoms with E-state index in [1.165, 1.54) is 0 Å². The summed E-state index contributed by atoms with van der Waals surface area (Å²) in [5.74, 6) is 0.587. The summed E-state index contributed by atoms with van der Waals surface area (Å²) in [6.45, 7) is 4.51. The van der Waals surface area contributed by atoms with Gasteiger partial charge in [-0.2, -0.15) is 5.10 Å². The van der Waals surface area contributed by atoms with Crippen molar-refractivity contribution >= 4 is 33.2 Å². The molecule has 0 fully saturated rings. The summed E-state index contributed by atoms with van der Waals surface area (Å²) >= 11 is 9.28. The van der Waals surface area contributed by atoms with Crippen molar-refractivity contribution in [1.29, 1.82) is 0 Å². The van der Waals surface area contributed by atoms with Crippen LogP contribution in [0.5, 0.6) is 5.75 Å². The Morgan fingerprint density at radius 1 is 1.47 bits per heavy atom. The minimum atomic E-state index is 0.334. The van der Waals surface area contributed by atoms with Crippen LogP contribution in [0.3, 0.4) is 0 Å². The van der Waals surface area contributed by atoms with Crippen LogP contribution >= 0.6 is 27.5 Å². The molecule has 1 aromatic carbocycles. The van der Waals surface area contributed by atoms with Crippen LogP contribution in [0.15, 0.2) is 28.9 Å². The first-order valence-electron chi connectivity index (χ1n) is 5.88. The molecule has 0 unspecified atom stereocenters. The van der Waals surface area contributed by atoms with Crippen LogP contribution in [0, 0.1) is 0 Å². The molecule has 0 spiro atoms. The van der Waals surface area contributed by atoms with E-state index in [2.05, 4.69) is 34.9 Å². The topological polar surface area (TPSA) is 53.1 Å². The van der Waals surface area contributed by atoms with Gasteiger partial charge in [0, 0.05) is 17.3 Å². The Bertz CT molecular complexity index is 560. The Morgan fingerprint density at radius 3 is 2.79 bits per heavy atom. The van der Waals surface area contributed by atoms with Gasteiger partial charge in [0.05, 0.1) is 15.9 Å². The molecular weight excluding hydrogens is 330 g/mol. The van der Waals surface area contributed by atoms with Gasteiger partial charge in [0.2, 0.25) is 0 Å². The van der Waals surface area contributed by atoms with E-state index in [-0.39, 0.29) is 0 Å². The van der Waals surface area contributed by atoms with Crippen molar-refractivity contribution in [3.63, 3.8) is 0 Å². The highest BCUT2D eigenvalue weighted by atomic mass is 79.9. The number of rotatable bonds is 4. The summed E-state index contributed by atoms with van der Waals surface area (Å²) in [4.78, 5) is 0. The molecule has 0 aliphatic rings. The van der Waals surface area contributed by atoms with E-state index in [1.54, 1.807) is 12.1 Å². The van der Waals surface area contributed by atoms with E-state index < -0.39 is 0 Å². The van der Waals surface area contributed by atoms with Crippen molar-refractivity contribution in [3.8, 4) is 5.75 Å². The Balaban J connectivity index is 2.10. The third kappa shape index (κ3) is 3.42. The van der Waals surface area contributed by atoms with Crippen molar-refractivity contribution < 1.29 is 4.74 Å². The third-order valence-corrected chi connectivity index (χ3v) is 3.40. The summed E-state index contributed by atoms with van der Waals surface area (Å²) in [7, 11) is 0. The SMILES string of the molecule is CC(C)n1ccc(COc2c(N)cc(Cl)cc2Br)n1. The molecule has 2 rings (SSSR count). The molecule has 4 nitrogen and oxygen atoms in total. The molecule has 0 bridgehead atoms. The van der Waals surface area contributed by atoms with Crippen LogP contribution in [-0.2, 0) is 6.61 Å². The molecule has 0 aliphatic heterocycles. The first-order valence-corrected chi connectivity index (χ1v) is 7.06. The molecule has 0 saturated carbocycles. The Kier molecular flexibility index (Phi) is 4.37. The normalized spacial score (nSPS) is 11.0. The molecule has 0 amide bonds. The van der Waals surface area contributed by atoms with Crippen LogP contribution in [-0.4, -0.2) is 9.78 Å². The zero-order valence-corrected chi connectivity index (χ0v) is 13.1. The van der Waals surface area contributed by atoms with Gasteiger partial charge in [-0.3, -0.25) is 4.68 Å². The lowest BCUT2D eigenvalue weighted by atomic mass is 10.3. The fourth-order valence-corrected chi connectivity index (χ4v) is 2.57. The van der Waals surface area contributed by atoms with E-state index >= 15 is 0 Å². The smallest absolute Gasteiger partial charge is 0.157 e. The fraction of sp³-hybridized carbons (Fsp3) is 0.308. The molecule has 1 aromatic heterocycles. The fourth-order valence-electron chi connectivity index (χ4n) is 1.62. The summed E-state index contributed by atoms with van der Waals surface area (Å²) in [6.07, 6.45) is 1.93. The van der Waals surface area contributed by atoms with Gasteiger partial charge in [-0.1, -0.05) is 11.6 Å². The third-order valence-electron chi connectivity index (χ3n) is 2.59. The van der Waals surface area contributed by atoms with E-state index in [0.717, 1.165) is 10.2 Å². The first kappa shape index (κ1) is 14.2. The van der Waals surface area contributed by atoms with Gasteiger partial charge in [-0.05, 0) is 48.0 Å². The zero-order chi connectivity index (χ0) is 14.0. The van der Waals surface area contributed by atoms with E-state index in [9.17, 15) is 0 Å². The molecule has 0 atom stereocenters. The molecular formula is C13H15BrClN3O. The van der Waals surface area contributed by atoms with Gasteiger partial charge in [-0.25, -0.2) is 0 Å². The molecule has 0 saturated heterocycles. The number of aromatic nitrogens is 2. The van der Waals surface area contributed by atoms with Gasteiger partial charge in [0.1, 0.15) is 6.61 Å². The second kappa shape index (κ2) is 5.84. The van der Waals surface area contributed by atoms with Crippen molar-refractivity contribution in [1.82, 2.24) is 9.78 Å². The Hall–Kier alpha value is -1.20. The molecule has 2 aromatic rings. The number of nitrogen functional groups attached to an aromatic ring is 1. The molecule has 0 aliphatic carbocycles. The van der Waals surface area contributed by atoms with Crippen molar-refractivity contribution in [2.75, 3.05) is 5.73 Å². The quantitative estimate of drug-likeness (QED) is 0.852. The van der Waals surface area contributed by atoms with Crippen molar-refractivity contribution in [2.45, 2.75) is 26.5 Å². The van der Waals surface area contributed by atoms with E-state index in [1.807, 2.05) is 16.9 Å². The lowest BCUT2D eigenvalue weighted by Gasteiger charge is -2.10. The van der Waals surface area contributed by atoms with Gasteiger partial charge < -0.3 is 10.5 Å². The predicted octanol–water partition coefficient (Wildman–Crippen LogP) is 4.04. The van der Waals surface area contributed by atoms with E-state index in [0.29, 0.717) is 29.1 Å². The summed E-state index contributed by atoms with van der Waals surface area (Å²) in [5.41, 5.74) is 7.23. The Labute approximate surface area is 125 Å². The lowest BCUT2D eigenvalue weighted by molar-refractivity contribution is 0.298. The summed E-state index contributed by atoms with van der Waals surface area (Å²) in [5, 5.41) is 4.98. The first-order chi connectivity index (χ1) is 8.97. The predicted molar refractivity (Wildman–Crippen MR) is 80.5 cm³/mol. The number of anilines is 1. The van der Waals surface area contributed by atoms with Crippen LogP contribution in [0.1, 0.15) is 25.6 Å². The summed E-state index contributed by atoms with van der Waals surface area (Å²) in [6, 6.07) is 5.68. The van der Waals surface area contributed by atoms with Crippen molar-refractivity contribution in [3.05, 3.63) is 39.6 Å². The number of benzene rings is 1. The molecule has 6 heteroatoms. The van der Waals surface area contributed by atoms with Crippen LogP contribution in [0.2, 0.25) is 5.02 Å². The van der Waals surface area contributed by atoms with Crippen LogP contribution in [0.4, 0.5) is 5.69 Å². The van der Waals surface area contributed by atoms with Gasteiger partial charge in [0.25, 0.3) is 0 Å². The molecule has 2 N–H and O–H groups in total. The highest BCUT2D eigenvalue weighted by molar-refractivity contribution is 9.10. The largest absolute Gasteiger partial charge is 0.484 e. The number of nitrogens with two attached hydrogens (primary N) is 1. The second-order valence-corrected chi connectivity index (χ2v) is 5.77. The monoisotopic (exact) mass is 343 g/mol. The molecule has 102 valence electrons. The maximum atomic E-state index is 5.90. The molecule has 1 heterocycles. The maximum absolute atomic E-state index is 5.90. The van der Waals surface area contributed by atoms with Crippen molar-refractivity contribution in [2.24, 2.45) is 0 Å². The number of halogens is 2. The molecule has 0 radical (unpaired) electrons. The highest BCUT2D eigenvalue weighted by Crippen LogP contribution is 2.34. The number of nitrogens with zero attached hydrogens (tertiary/aromatic N) is 2. The lowest BCUT2D eigenvalue weighted by Crippen LogP contribution is -2.04. The van der Waals surface area contributed by atoms with Crippen LogP contribution in [0.25, 0.3) is 0 Å². The number of hydrogen-bond donors (Lipinski definition) is 1. The zero-order valence-electron chi connectivity index (χ0n) is 10.7. The van der Waals surface area contributed by atoms with Gasteiger partial charge in [0.15, 0.2) is 5.75 Å². The maximum Gasteiger partial charge on any atom is 0.157 e. The van der Waals surface area contributed by atoms with Crippen LogP contribution < -0.4 is 10.5 Å². The minimum Gasteiger partial charge on any atom is -0.484 e. The molecule has 19 heavy (non-hydrogen) atoms. The van der Waals surface area contributed by atoms with Gasteiger partial charge in [-0.15, -0.1) is 0 Å². The summed E-state index contributed by atoms with van der Waals surface area (Å²) < 4.78 is 8.32. The average Bonchev–Trinajstić information content (AvgIpc) is 2.76. The highest BCUT2D eigenvalue weighted by Gasteiger charge is 2.09. The Morgan fingerprint density at radius 2 is 2.21 bits per heavy atom.